The summed E-state index contributed by atoms with van der Waals surface area (Å²) in [5, 5.41) is 12.3. The Morgan fingerprint density at radius 1 is 0.895 bits per heavy atom. The summed E-state index contributed by atoms with van der Waals surface area (Å²) in [4.78, 5) is 0. The first-order valence-electron chi connectivity index (χ1n) is 6.30. The molecule has 0 aromatic heterocycles. The van der Waals surface area contributed by atoms with Crippen LogP contribution in [0.4, 0.5) is 0 Å². The number of rotatable bonds is 5. The topological polar surface area (TPSA) is 32.3 Å². The highest BCUT2D eigenvalue weighted by Crippen LogP contribution is 2.21. The second kappa shape index (κ2) is 9.62. The summed E-state index contributed by atoms with van der Waals surface area (Å²) >= 11 is 3.53. The Labute approximate surface area is 120 Å². The Balaban J connectivity index is 0.000000861. The van der Waals surface area contributed by atoms with E-state index in [0.29, 0.717) is 6.54 Å². The lowest BCUT2D eigenvalue weighted by molar-refractivity contribution is 0.288. The van der Waals surface area contributed by atoms with Crippen LogP contribution in [0.3, 0.4) is 0 Å². The van der Waals surface area contributed by atoms with E-state index in [9.17, 15) is 0 Å². The van der Waals surface area contributed by atoms with E-state index in [1.165, 1.54) is 11.1 Å². The molecule has 0 atom stereocenters. The molecule has 0 saturated heterocycles. The van der Waals surface area contributed by atoms with E-state index in [1.54, 1.807) is 6.26 Å². The van der Waals surface area contributed by atoms with Crippen molar-refractivity contribution in [3.63, 3.8) is 0 Å². The van der Waals surface area contributed by atoms with Gasteiger partial charge < -0.3 is 10.4 Å². The zero-order valence-corrected chi connectivity index (χ0v) is 12.1. The predicted octanol–water partition coefficient (Wildman–Crippen LogP) is 2.90. The van der Waals surface area contributed by atoms with Gasteiger partial charge in [-0.3, -0.25) is 0 Å². The van der Waals surface area contributed by atoms with Gasteiger partial charge in [0.1, 0.15) is 0 Å². The van der Waals surface area contributed by atoms with Gasteiger partial charge in [0.05, 0.1) is 12.6 Å². The number of benzene rings is 2. The molecule has 0 saturated carbocycles. The number of hydrogen-bond acceptors (Lipinski definition) is 3. The molecule has 0 aliphatic rings. The molecule has 2 nitrogen and oxygen atoms in total. The van der Waals surface area contributed by atoms with Crippen LogP contribution in [0.5, 0.6) is 0 Å². The van der Waals surface area contributed by atoms with Gasteiger partial charge in [0.25, 0.3) is 0 Å². The number of thiol groups is 1. The van der Waals surface area contributed by atoms with Gasteiger partial charge in [-0.25, -0.2) is 0 Å². The van der Waals surface area contributed by atoms with E-state index < -0.39 is 0 Å². The monoisotopic (exact) mass is 275 g/mol. The maximum Gasteiger partial charge on any atom is 0.0577 e. The van der Waals surface area contributed by atoms with Crippen molar-refractivity contribution in [3.05, 3.63) is 71.8 Å². The lowest BCUT2D eigenvalue weighted by Gasteiger charge is -2.19. The van der Waals surface area contributed by atoms with Crippen molar-refractivity contribution in [1.82, 2.24) is 5.32 Å². The lowest BCUT2D eigenvalue weighted by atomic mass is 9.99. The fourth-order valence-electron chi connectivity index (χ4n) is 1.93. The first-order chi connectivity index (χ1) is 9.42. The first kappa shape index (κ1) is 15.8. The summed E-state index contributed by atoms with van der Waals surface area (Å²) in [7, 11) is 0. The third-order valence-electron chi connectivity index (χ3n) is 2.73. The fraction of sp³-hybridized carbons (Fsp3) is 0.250. The molecule has 0 heterocycles. The number of aliphatic hydroxyl groups is 1. The summed E-state index contributed by atoms with van der Waals surface area (Å²) in [5.74, 6) is 0. The zero-order valence-electron chi connectivity index (χ0n) is 11.2. The smallest absolute Gasteiger partial charge is 0.0577 e. The van der Waals surface area contributed by atoms with Gasteiger partial charge in [0.15, 0.2) is 0 Å². The molecule has 0 spiro atoms. The summed E-state index contributed by atoms with van der Waals surface area (Å²) in [6, 6.07) is 20.7. The van der Waals surface area contributed by atoms with Crippen molar-refractivity contribution in [3.8, 4) is 0 Å². The molecule has 3 heteroatoms. The van der Waals surface area contributed by atoms with Gasteiger partial charge in [-0.15, -0.1) is 0 Å². The normalized spacial score (nSPS) is 9.89. The van der Waals surface area contributed by atoms with Crippen LogP contribution < -0.4 is 5.32 Å². The molecule has 0 radical (unpaired) electrons. The predicted molar refractivity (Wildman–Crippen MR) is 84.7 cm³/mol. The molecule has 2 N–H and O–H groups in total. The first-order valence-corrected chi connectivity index (χ1v) is 7.20. The quantitative estimate of drug-likeness (QED) is 0.733. The molecule has 102 valence electrons. The molecule has 0 fully saturated rings. The SMILES string of the molecule is CS.OCCNC(c1ccccc1)c1ccccc1. The van der Waals surface area contributed by atoms with Crippen LogP contribution >= 0.6 is 12.6 Å². The van der Waals surface area contributed by atoms with Gasteiger partial charge in [-0.1, -0.05) is 60.7 Å². The van der Waals surface area contributed by atoms with E-state index in [-0.39, 0.29) is 12.6 Å². The number of nitrogens with one attached hydrogen (secondary N) is 1. The molecule has 0 bridgehead atoms. The van der Waals surface area contributed by atoms with Crippen LogP contribution in [-0.2, 0) is 0 Å². The Morgan fingerprint density at radius 2 is 1.32 bits per heavy atom. The van der Waals surface area contributed by atoms with E-state index in [4.69, 9.17) is 5.11 Å². The van der Waals surface area contributed by atoms with Crippen molar-refractivity contribution in [2.75, 3.05) is 19.4 Å². The van der Waals surface area contributed by atoms with Gasteiger partial charge in [0.2, 0.25) is 0 Å². The Bertz CT molecular complexity index is 394. The summed E-state index contributed by atoms with van der Waals surface area (Å²) < 4.78 is 0. The van der Waals surface area contributed by atoms with Crippen LogP contribution in [0, 0.1) is 0 Å². The Morgan fingerprint density at radius 3 is 1.68 bits per heavy atom. The Kier molecular flexibility index (Phi) is 7.98. The minimum atomic E-state index is 0.143. The van der Waals surface area contributed by atoms with Gasteiger partial charge in [0, 0.05) is 6.54 Å². The van der Waals surface area contributed by atoms with Gasteiger partial charge in [-0.2, -0.15) is 12.6 Å². The average Bonchev–Trinajstić information content (AvgIpc) is 2.52. The molecule has 0 unspecified atom stereocenters. The summed E-state index contributed by atoms with van der Waals surface area (Å²) in [6.45, 7) is 0.741. The highest BCUT2D eigenvalue weighted by atomic mass is 32.1. The molecule has 0 aliphatic carbocycles. The summed E-state index contributed by atoms with van der Waals surface area (Å²) in [6.07, 6.45) is 1.69. The molecular formula is C16H21NOS. The third kappa shape index (κ3) is 5.07. The lowest BCUT2D eigenvalue weighted by Crippen LogP contribution is -2.25. The minimum Gasteiger partial charge on any atom is -0.395 e. The average molecular weight is 275 g/mol. The van der Waals surface area contributed by atoms with Gasteiger partial charge in [-0.05, 0) is 17.4 Å². The zero-order chi connectivity index (χ0) is 13.9. The third-order valence-corrected chi connectivity index (χ3v) is 2.73. The van der Waals surface area contributed by atoms with Gasteiger partial charge >= 0.3 is 0 Å². The second-order valence-corrected chi connectivity index (χ2v) is 3.93. The highest BCUT2D eigenvalue weighted by Gasteiger charge is 2.11. The maximum atomic E-state index is 8.95. The standard InChI is InChI=1S/C15H17NO.CH4S/c17-12-11-16-15(13-7-3-1-4-8-13)14-9-5-2-6-10-14;1-2/h1-10,15-17H,11-12H2;2H,1H3. The molecule has 2 aromatic rings. The van der Waals surface area contributed by atoms with Crippen molar-refractivity contribution in [2.45, 2.75) is 6.04 Å². The Hall–Kier alpha value is -1.29. The molecule has 0 amide bonds. The molecule has 19 heavy (non-hydrogen) atoms. The van der Waals surface area contributed by atoms with Crippen molar-refractivity contribution in [2.24, 2.45) is 0 Å². The molecule has 0 aliphatic heterocycles. The second-order valence-electron chi connectivity index (χ2n) is 3.93. The van der Waals surface area contributed by atoms with E-state index >= 15 is 0 Å². The fourth-order valence-corrected chi connectivity index (χ4v) is 1.93. The van der Waals surface area contributed by atoms with Crippen LogP contribution in [0.2, 0.25) is 0 Å². The van der Waals surface area contributed by atoms with Crippen molar-refractivity contribution < 1.29 is 5.11 Å². The summed E-state index contributed by atoms with van der Waals surface area (Å²) in [5.41, 5.74) is 2.43. The van der Waals surface area contributed by atoms with Crippen molar-refractivity contribution >= 4 is 12.6 Å². The number of hydrogen-bond donors (Lipinski definition) is 3. The van der Waals surface area contributed by atoms with E-state index in [2.05, 4.69) is 42.2 Å². The largest absolute Gasteiger partial charge is 0.395 e. The molecule has 2 aromatic carbocycles. The maximum absolute atomic E-state index is 8.95. The van der Waals surface area contributed by atoms with Crippen molar-refractivity contribution in [1.29, 1.82) is 0 Å². The minimum absolute atomic E-state index is 0.143. The molecule has 2 rings (SSSR count). The van der Waals surface area contributed by atoms with E-state index in [1.807, 2.05) is 36.4 Å². The molecular weight excluding hydrogens is 254 g/mol. The highest BCUT2D eigenvalue weighted by molar-refractivity contribution is 7.79. The van der Waals surface area contributed by atoms with Crippen LogP contribution in [-0.4, -0.2) is 24.5 Å². The number of aliphatic hydroxyl groups excluding tert-OH is 1. The van der Waals surface area contributed by atoms with E-state index in [0.717, 1.165) is 0 Å². The van der Waals surface area contributed by atoms with Crippen LogP contribution in [0.25, 0.3) is 0 Å². The van der Waals surface area contributed by atoms with Crippen LogP contribution in [0.15, 0.2) is 60.7 Å². The van der Waals surface area contributed by atoms with Crippen LogP contribution in [0.1, 0.15) is 17.2 Å².